The highest BCUT2D eigenvalue weighted by Gasteiger charge is 2.35. The molecule has 0 N–H and O–H groups in total. The minimum atomic E-state index is 0.242. The molecule has 3 aromatic rings. The van der Waals surface area contributed by atoms with E-state index in [0.29, 0.717) is 24.3 Å². The smallest absolute Gasteiger partial charge is 0.233 e. The standard InChI is InChI=1S/C25H29N5OS/c31-23(29-16-6-10-20-9-4-5-11-22(20)29)18-32-25-28-27-24(21-12-14-26-15-13-21)30(25)17-19-7-2-1-3-8-19/h1-3,7-8,12-15,20,22H,4-6,9-11,16-18H2/t20-,22+/m0/s1. The van der Waals surface area contributed by atoms with Crippen molar-refractivity contribution in [2.24, 2.45) is 5.92 Å². The molecule has 3 heterocycles. The first-order valence-electron chi connectivity index (χ1n) is 11.6. The van der Waals surface area contributed by atoms with Gasteiger partial charge in [0.2, 0.25) is 5.91 Å². The molecule has 0 unspecified atom stereocenters. The number of amides is 1. The molecule has 2 aromatic heterocycles. The van der Waals surface area contributed by atoms with Gasteiger partial charge in [-0.05, 0) is 49.3 Å². The molecule has 1 aliphatic heterocycles. The fraction of sp³-hybridized carbons (Fsp3) is 0.440. The maximum atomic E-state index is 13.2. The maximum Gasteiger partial charge on any atom is 0.233 e. The van der Waals surface area contributed by atoms with E-state index in [1.165, 1.54) is 43.0 Å². The Hall–Kier alpha value is -2.67. The molecule has 5 rings (SSSR count). The van der Waals surface area contributed by atoms with Crippen LogP contribution in [-0.2, 0) is 11.3 Å². The van der Waals surface area contributed by atoms with Gasteiger partial charge in [-0.2, -0.15) is 0 Å². The van der Waals surface area contributed by atoms with Crippen molar-refractivity contribution in [1.82, 2.24) is 24.6 Å². The van der Waals surface area contributed by atoms with Gasteiger partial charge in [-0.25, -0.2) is 0 Å². The molecule has 2 aliphatic rings. The van der Waals surface area contributed by atoms with Crippen molar-refractivity contribution in [3.8, 4) is 11.4 Å². The van der Waals surface area contributed by atoms with Crippen LogP contribution in [-0.4, -0.2) is 48.9 Å². The zero-order valence-electron chi connectivity index (χ0n) is 18.3. The zero-order valence-corrected chi connectivity index (χ0v) is 19.1. The van der Waals surface area contributed by atoms with Crippen molar-refractivity contribution in [3.63, 3.8) is 0 Å². The minimum absolute atomic E-state index is 0.242. The van der Waals surface area contributed by atoms with Gasteiger partial charge >= 0.3 is 0 Å². The number of benzene rings is 1. The summed E-state index contributed by atoms with van der Waals surface area (Å²) in [6, 6.07) is 14.6. The SMILES string of the molecule is O=C(CSc1nnc(-c2ccncc2)n1Cc1ccccc1)N1CCC[C@@H]2CCCC[C@H]21. The van der Waals surface area contributed by atoms with Crippen molar-refractivity contribution < 1.29 is 4.79 Å². The number of pyridine rings is 1. The summed E-state index contributed by atoms with van der Waals surface area (Å²) in [6.07, 6.45) is 11.0. The molecule has 6 nitrogen and oxygen atoms in total. The third-order valence-corrected chi connectivity index (χ3v) is 7.68. The van der Waals surface area contributed by atoms with Gasteiger partial charge in [0.15, 0.2) is 11.0 Å². The average Bonchev–Trinajstić information content (AvgIpc) is 3.25. The van der Waals surface area contributed by atoms with Gasteiger partial charge in [-0.1, -0.05) is 54.9 Å². The Morgan fingerprint density at radius 3 is 2.59 bits per heavy atom. The van der Waals surface area contributed by atoms with E-state index in [1.807, 2.05) is 30.3 Å². The van der Waals surface area contributed by atoms with Gasteiger partial charge in [0.1, 0.15) is 0 Å². The second-order valence-corrected chi connectivity index (χ2v) is 9.69. The fourth-order valence-electron chi connectivity index (χ4n) is 5.16. The predicted octanol–water partition coefficient (Wildman–Crippen LogP) is 4.66. The first kappa shape index (κ1) is 21.2. The molecule has 1 amide bonds. The third-order valence-electron chi connectivity index (χ3n) is 6.73. The number of rotatable bonds is 6. The average molecular weight is 448 g/mol. The second-order valence-electron chi connectivity index (χ2n) is 8.74. The molecule has 1 aromatic carbocycles. The fourth-order valence-corrected chi connectivity index (χ4v) is 5.99. The molecule has 0 bridgehead atoms. The van der Waals surface area contributed by atoms with E-state index in [-0.39, 0.29) is 5.91 Å². The summed E-state index contributed by atoms with van der Waals surface area (Å²) >= 11 is 1.51. The molecule has 1 saturated heterocycles. The van der Waals surface area contributed by atoms with Crippen LogP contribution in [0.15, 0.2) is 60.0 Å². The summed E-state index contributed by atoms with van der Waals surface area (Å²) in [5.74, 6) is 2.15. The Kier molecular flexibility index (Phi) is 6.53. The molecule has 166 valence electrons. The molecule has 1 aliphatic carbocycles. The number of fused-ring (bicyclic) bond motifs is 1. The monoisotopic (exact) mass is 447 g/mol. The van der Waals surface area contributed by atoms with Crippen molar-refractivity contribution in [3.05, 3.63) is 60.4 Å². The van der Waals surface area contributed by atoms with Crippen LogP contribution < -0.4 is 0 Å². The summed E-state index contributed by atoms with van der Waals surface area (Å²) in [5.41, 5.74) is 2.15. The highest BCUT2D eigenvalue weighted by molar-refractivity contribution is 7.99. The molecule has 0 radical (unpaired) electrons. The predicted molar refractivity (Wildman–Crippen MR) is 126 cm³/mol. The Morgan fingerprint density at radius 1 is 0.969 bits per heavy atom. The van der Waals surface area contributed by atoms with Crippen LogP contribution >= 0.6 is 11.8 Å². The molecular weight excluding hydrogens is 418 g/mol. The number of likely N-dealkylation sites (tertiary alicyclic amines) is 1. The second kappa shape index (κ2) is 9.86. The Bertz CT molecular complexity index is 1040. The summed E-state index contributed by atoms with van der Waals surface area (Å²) < 4.78 is 2.11. The van der Waals surface area contributed by atoms with Crippen LogP contribution in [0.5, 0.6) is 0 Å². The number of thioether (sulfide) groups is 1. The number of nitrogens with zero attached hydrogens (tertiary/aromatic N) is 5. The van der Waals surface area contributed by atoms with E-state index in [1.54, 1.807) is 12.4 Å². The molecule has 0 spiro atoms. The van der Waals surface area contributed by atoms with Crippen molar-refractivity contribution in [2.45, 2.75) is 56.3 Å². The van der Waals surface area contributed by atoms with Crippen LogP contribution in [0.1, 0.15) is 44.1 Å². The summed E-state index contributed by atoms with van der Waals surface area (Å²) in [4.78, 5) is 19.5. The number of carbonyl (C=O) groups is 1. The van der Waals surface area contributed by atoms with E-state index in [4.69, 9.17) is 0 Å². The molecule has 2 fully saturated rings. The maximum absolute atomic E-state index is 13.2. The van der Waals surface area contributed by atoms with E-state index in [2.05, 4.69) is 36.8 Å². The van der Waals surface area contributed by atoms with Crippen LogP contribution in [0, 0.1) is 5.92 Å². The van der Waals surface area contributed by atoms with Gasteiger partial charge in [-0.15, -0.1) is 10.2 Å². The third kappa shape index (κ3) is 4.58. The topological polar surface area (TPSA) is 63.9 Å². The Labute approximate surface area is 193 Å². The number of hydrogen-bond acceptors (Lipinski definition) is 5. The number of aromatic nitrogens is 4. The van der Waals surface area contributed by atoms with Crippen molar-refractivity contribution in [2.75, 3.05) is 12.3 Å². The van der Waals surface area contributed by atoms with E-state index in [0.717, 1.165) is 35.9 Å². The van der Waals surface area contributed by atoms with E-state index in [9.17, 15) is 4.79 Å². The van der Waals surface area contributed by atoms with E-state index < -0.39 is 0 Å². The largest absolute Gasteiger partial charge is 0.339 e. The first-order valence-corrected chi connectivity index (χ1v) is 12.6. The molecule has 7 heteroatoms. The lowest BCUT2D eigenvalue weighted by molar-refractivity contribution is -0.134. The van der Waals surface area contributed by atoms with Crippen molar-refractivity contribution in [1.29, 1.82) is 0 Å². The highest BCUT2D eigenvalue weighted by Crippen LogP contribution is 2.36. The van der Waals surface area contributed by atoms with Gasteiger partial charge in [0.05, 0.1) is 12.3 Å². The Balaban J connectivity index is 1.35. The number of piperidine rings is 1. The van der Waals surface area contributed by atoms with Crippen molar-refractivity contribution >= 4 is 17.7 Å². The lowest BCUT2D eigenvalue weighted by Gasteiger charge is -2.44. The van der Waals surface area contributed by atoms with Crippen LogP contribution in [0.4, 0.5) is 0 Å². The van der Waals surface area contributed by atoms with Crippen LogP contribution in [0.2, 0.25) is 0 Å². The van der Waals surface area contributed by atoms with Gasteiger partial charge < -0.3 is 4.90 Å². The lowest BCUT2D eigenvalue weighted by atomic mass is 9.78. The molecule has 2 atom stereocenters. The highest BCUT2D eigenvalue weighted by atomic mass is 32.2. The van der Waals surface area contributed by atoms with Gasteiger partial charge in [0, 0.05) is 30.5 Å². The lowest BCUT2D eigenvalue weighted by Crippen LogP contribution is -2.50. The molecule has 1 saturated carbocycles. The van der Waals surface area contributed by atoms with Crippen LogP contribution in [0.25, 0.3) is 11.4 Å². The van der Waals surface area contributed by atoms with Crippen LogP contribution in [0.3, 0.4) is 0 Å². The summed E-state index contributed by atoms with van der Waals surface area (Å²) in [7, 11) is 0. The minimum Gasteiger partial charge on any atom is -0.339 e. The Morgan fingerprint density at radius 2 is 1.75 bits per heavy atom. The molecular formula is C25H29N5OS. The number of hydrogen-bond donors (Lipinski definition) is 0. The first-order chi connectivity index (χ1) is 15.8. The van der Waals surface area contributed by atoms with Gasteiger partial charge in [-0.3, -0.25) is 14.3 Å². The quantitative estimate of drug-likeness (QED) is 0.514. The van der Waals surface area contributed by atoms with Gasteiger partial charge in [0.25, 0.3) is 0 Å². The normalized spacial score (nSPS) is 20.7. The summed E-state index contributed by atoms with van der Waals surface area (Å²) in [6.45, 7) is 1.57. The summed E-state index contributed by atoms with van der Waals surface area (Å²) in [5, 5.41) is 9.73. The van der Waals surface area contributed by atoms with E-state index >= 15 is 0 Å². The number of carbonyl (C=O) groups excluding carboxylic acids is 1. The zero-order chi connectivity index (χ0) is 21.8. The molecule has 32 heavy (non-hydrogen) atoms.